The van der Waals surface area contributed by atoms with Crippen molar-refractivity contribution >= 4 is 17.8 Å². The molecule has 0 bridgehead atoms. The molecule has 2 heterocycles. The number of H-pyrrole nitrogens is 2. The van der Waals surface area contributed by atoms with Crippen LogP contribution in [0.1, 0.15) is 48.7 Å². The Balaban J connectivity index is 1.86. The predicted octanol–water partition coefficient (Wildman–Crippen LogP) is 1.37. The van der Waals surface area contributed by atoms with Gasteiger partial charge in [-0.1, -0.05) is 13.8 Å². The Bertz CT molecular complexity index is 751. The fourth-order valence-corrected chi connectivity index (χ4v) is 2.09. The summed E-state index contributed by atoms with van der Waals surface area (Å²) in [5.41, 5.74) is 0.413. The minimum Gasteiger partial charge on any atom is -0.351 e. The van der Waals surface area contributed by atoms with Gasteiger partial charge in [0.1, 0.15) is 5.56 Å². The molecule has 2 aromatic rings. The van der Waals surface area contributed by atoms with Gasteiger partial charge in [0, 0.05) is 31.1 Å². The average Bonchev–Trinajstić information content (AvgIpc) is 3.06. The predicted molar refractivity (Wildman–Crippen MR) is 89.9 cm³/mol. The molecule has 1 atom stereocenters. The van der Waals surface area contributed by atoms with Crippen molar-refractivity contribution in [2.45, 2.75) is 32.6 Å². The lowest BCUT2D eigenvalue weighted by Gasteiger charge is -2.09. The van der Waals surface area contributed by atoms with Crippen molar-refractivity contribution in [2.24, 2.45) is 0 Å². The Morgan fingerprint density at radius 2 is 2.12 bits per heavy atom. The van der Waals surface area contributed by atoms with Gasteiger partial charge in [-0.25, -0.2) is 4.98 Å². The van der Waals surface area contributed by atoms with Crippen molar-refractivity contribution in [2.75, 3.05) is 11.9 Å². The van der Waals surface area contributed by atoms with E-state index in [1.165, 1.54) is 12.3 Å². The molecule has 1 unspecified atom stereocenters. The van der Waals surface area contributed by atoms with Gasteiger partial charge in [0.15, 0.2) is 0 Å². The van der Waals surface area contributed by atoms with E-state index in [1.807, 2.05) is 13.8 Å². The highest BCUT2D eigenvalue weighted by atomic mass is 16.2. The summed E-state index contributed by atoms with van der Waals surface area (Å²) in [5.74, 6) is -0.215. The molecule has 8 nitrogen and oxygen atoms in total. The van der Waals surface area contributed by atoms with Crippen LogP contribution in [0.5, 0.6) is 0 Å². The van der Waals surface area contributed by atoms with Gasteiger partial charge in [-0.3, -0.25) is 19.7 Å². The smallest absolute Gasteiger partial charge is 0.261 e. The molecular weight excluding hydrogens is 310 g/mol. The highest BCUT2D eigenvalue weighted by molar-refractivity contribution is 5.94. The number of carbonyl (C=O) groups is 2. The third-order valence-corrected chi connectivity index (χ3v) is 3.71. The second kappa shape index (κ2) is 8.09. The van der Waals surface area contributed by atoms with Crippen LogP contribution < -0.4 is 16.2 Å². The molecule has 0 saturated carbocycles. The van der Waals surface area contributed by atoms with Gasteiger partial charge in [0.2, 0.25) is 11.9 Å². The number of pyridine rings is 1. The number of anilines is 1. The number of imidazole rings is 1. The zero-order chi connectivity index (χ0) is 17.5. The number of nitrogens with zero attached hydrogens (tertiary/aromatic N) is 1. The van der Waals surface area contributed by atoms with E-state index < -0.39 is 11.5 Å². The molecule has 8 heteroatoms. The van der Waals surface area contributed by atoms with E-state index in [1.54, 1.807) is 12.3 Å². The van der Waals surface area contributed by atoms with E-state index in [4.69, 9.17) is 0 Å². The molecule has 4 N–H and O–H groups in total. The van der Waals surface area contributed by atoms with E-state index in [2.05, 4.69) is 25.6 Å². The molecule has 0 aliphatic heterocycles. The van der Waals surface area contributed by atoms with E-state index >= 15 is 0 Å². The maximum atomic E-state index is 12.0. The monoisotopic (exact) mass is 331 g/mol. The Morgan fingerprint density at radius 3 is 2.75 bits per heavy atom. The third-order valence-electron chi connectivity index (χ3n) is 3.71. The number of amides is 2. The highest BCUT2D eigenvalue weighted by Gasteiger charge is 2.13. The first kappa shape index (κ1) is 17.5. The van der Waals surface area contributed by atoms with Crippen LogP contribution in [0.25, 0.3) is 0 Å². The van der Waals surface area contributed by atoms with Crippen molar-refractivity contribution in [1.29, 1.82) is 0 Å². The van der Waals surface area contributed by atoms with E-state index in [0.717, 1.165) is 12.1 Å². The quantitative estimate of drug-likeness (QED) is 0.612. The van der Waals surface area contributed by atoms with Crippen LogP contribution in [-0.4, -0.2) is 33.3 Å². The summed E-state index contributed by atoms with van der Waals surface area (Å²) >= 11 is 0. The van der Waals surface area contributed by atoms with Crippen LogP contribution in [0.4, 0.5) is 5.95 Å². The first-order chi connectivity index (χ1) is 11.5. The second-order valence-corrected chi connectivity index (χ2v) is 5.46. The first-order valence-corrected chi connectivity index (χ1v) is 7.82. The SMILES string of the molecule is CCC(C)c1ccc(C(=O)NCCC(=O)Nc2ncc[nH]2)c(=O)[nH]1. The highest BCUT2D eigenvalue weighted by Crippen LogP contribution is 2.14. The molecule has 0 aliphatic rings. The number of carbonyl (C=O) groups excluding carboxylic acids is 2. The molecule has 2 amide bonds. The first-order valence-electron chi connectivity index (χ1n) is 7.82. The van der Waals surface area contributed by atoms with Crippen LogP contribution in [0.2, 0.25) is 0 Å². The average molecular weight is 331 g/mol. The van der Waals surface area contributed by atoms with Crippen LogP contribution in [0.15, 0.2) is 29.3 Å². The van der Waals surface area contributed by atoms with Gasteiger partial charge in [0.05, 0.1) is 0 Å². The zero-order valence-corrected chi connectivity index (χ0v) is 13.7. The van der Waals surface area contributed by atoms with Gasteiger partial charge in [-0.2, -0.15) is 0 Å². The number of aromatic amines is 2. The topological polar surface area (TPSA) is 120 Å². The minimum atomic E-state index is -0.502. The lowest BCUT2D eigenvalue weighted by molar-refractivity contribution is -0.116. The lowest BCUT2D eigenvalue weighted by Crippen LogP contribution is -2.32. The molecule has 2 aromatic heterocycles. The van der Waals surface area contributed by atoms with Crippen molar-refractivity contribution < 1.29 is 9.59 Å². The molecule has 2 rings (SSSR count). The molecule has 128 valence electrons. The maximum absolute atomic E-state index is 12.0. The van der Waals surface area contributed by atoms with Crippen LogP contribution >= 0.6 is 0 Å². The van der Waals surface area contributed by atoms with Crippen LogP contribution in [0, 0.1) is 0 Å². The van der Waals surface area contributed by atoms with Crippen molar-refractivity contribution in [3.05, 3.63) is 46.1 Å². The van der Waals surface area contributed by atoms with Crippen LogP contribution in [-0.2, 0) is 4.79 Å². The molecule has 0 radical (unpaired) electrons. The zero-order valence-electron chi connectivity index (χ0n) is 13.7. The molecular formula is C16H21N5O3. The summed E-state index contributed by atoms with van der Waals surface area (Å²) in [6.45, 7) is 4.15. The standard InChI is InChI=1S/C16H21N5O3/c1-3-10(2)12-5-4-11(15(24)20-12)14(23)17-7-6-13(22)21-16-18-8-9-19-16/h4-5,8-10H,3,6-7H2,1-2H3,(H,17,23)(H,20,24)(H2,18,19,21,22). The van der Waals surface area contributed by atoms with Gasteiger partial charge in [-0.05, 0) is 24.5 Å². The lowest BCUT2D eigenvalue weighted by atomic mass is 10.0. The summed E-state index contributed by atoms with van der Waals surface area (Å²) in [5, 5.41) is 5.11. The Kier molecular flexibility index (Phi) is 5.89. The van der Waals surface area contributed by atoms with Gasteiger partial charge in [-0.15, -0.1) is 0 Å². The van der Waals surface area contributed by atoms with E-state index in [-0.39, 0.29) is 30.4 Å². The Morgan fingerprint density at radius 1 is 1.33 bits per heavy atom. The second-order valence-electron chi connectivity index (χ2n) is 5.46. The van der Waals surface area contributed by atoms with Crippen molar-refractivity contribution in [3.8, 4) is 0 Å². The Hall–Kier alpha value is -2.90. The molecule has 0 aromatic carbocycles. The Labute approximate surface area is 139 Å². The molecule has 0 fully saturated rings. The summed E-state index contributed by atoms with van der Waals surface area (Å²) in [6, 6.07) is 3.26. The van der Waals surface area contributed by atoms with E-state index in [9.17, 15) is 14.4 Å². The molecule has 0 saturated heterocycles. The van der Waals surface area contributed by atoms with Crippen molar-refractivity contribution in [3.63, 3.8) is 0 Å². The number of rotatable bonds is 7. The largest absolute Gasteiger partial charge is 0.351 e. The number of aromatic nitrogens is 3. The molecule has 24 heavy (non-hydrogen) atoms. The summed E-state index contributed by atoms with van der Waals surface area (Å²) in [7, 11) is 0. The maximum Gasteiger partial charge on any atom is 0.261 e. The normalized spacial score (nSPS) is 11.8. The fraction of sp³-hybridized carbons (Fsp3) is 0.375. The summed E-state index contributed by atoms with van der Waals surface area (Å²) in [4.78, 5) is 45.0. The summed E-state index contributed by atoms with van der Waals surface area (Å²) < 4.78 is 0. The van der Waals surface area contributed by atoms with Gasteiger partial charge >= 0.3 is 0 Å². The van der Waals surface area contributed by atoms with Crippen LogP contribution in [0.3, 0.4) is 0 Å². The molecule has 0 aliphatic carbocycles. The van der Waals surface area contributed by atoms with Gasteiger partial charge < -0.3 is 15.3 Å². The number of nitrogens with one attached hydrogen (secondary N) is 4. The van der Waals surface area contributed by atoms with Crippen molar-refractivity contribution in [1.82, 2.24) is 20.3 Å². The van der Waals surface area contributed by atoms with Gasteiger partial charge in [0.25, 0.3) is 11.5 Å². The van der Waals surface area contributed by atoms with E-state index in [0.29, 0.717) is 5.95 Å². The number of hydrogen-bond acceptors (Lipinski definition) is 4. The number of hydrogen-bond donors (Lipinski definition) is 4. The summed E-state index contributed by atoms with van der Waals surface area (Å²) in [6.07, 6.45) is 4.08. The third kappa shape index (κ3) is 4.55. The minimum absolute atomic E-state index is 0.0356. The fourth-order valence-electron chi connectivity index (χ4n) is 2.09. The molecule has 0 spiro atoms.